The van der Waals surface area contributed by atoms with Crippen LogP contribution < -0.4 is 5.14 Å². The fourth-order valence-corrected chi connectivity index (χ4v) is 6.80. The summed E-state index contributed by atoms with van der Waals surface area (Å²) < 4.78 is 29.6. The maximum Gasteiger partial charge on any atom is 0.356 e. The predicted octanol–water partition coefficient (Wildman–Crippen LogP) is 0.420. The van der Waals surface area contributed by atoms with Crippen molar-refractivity contribution in [1.29, 1.82) is 0 Å². The molecule has 3 N–H and O–H groups in total. The Kier molecular flexibility index (Phi) is 5.90. The summed E-state index contributed by atoms with van der Waals surface area (Å²) in [6.07, 6.45) is -0.830. The number of fused-ring (bicyclic) bond motifs is 1. The standard InChI is InChI=1S/C20H25N3O6S2/c1-11-16-15(12(2)24)19(25)23(16)17(20(26)29-10-13-6-4-3-5-7-13)18(11)30-14-8-22(9-14)31(21,27)28/h3-7,11-12,14-16,24H,8-10H2,1-2H3,(H2,21,27,28)/t11-,12-,15-,16-/m1/s1. The molecule has 1 amide bonds. The van der Waals surface area contributed by atoms with Gasteiger partial charge in [0.1, 0.15) is 12.3 Å². The van der Waals surface area contributed by atoms with Crippen molar-refractivity contribution in [3.8, 4) is 0 Å². The molecule has 1 aromatic rings. The third-order valence-corrected chi connectivity index (χ3v) is 8.45. The van der Waals surface area contributed by atoms with Gasteiger partial charge in [0.15, 0.2) is 0 Å². The molecular formula is C20H25N3O6S2. The molecule has 0 radical (unpaired) electrons. The Morgan fingerprint density at radius 3 is 2.55 bits per heavy atom. The lowest BCUT2D eigenvalue weighted by atomic mass is 9.79. The Bertz CT molecular complexity index is 1020. The van der Waals surface area contributed by atoms with E-state index < -0.39 is 28.2 Å². The number of aliphatic hydroxyl groups excluding tert-OH is 1. The van der Waals surface area contributed by atoms with Gasteiger partial charge in [0.25, 0.3) is 10.2 Å². The highest BCUT2D eigenvalue weighted by atomic mass is 32.2. The van der Waals surface area contributed by atoms with E-state index >= 15 is 0 Å². The number of hydrogen-bond donors (Lipinski definition) is 2. The molecule has 0 bridgehead atoms. The SMILES string of the molecule is C[C@@H](O)[C@H]1C(=O)N2C(C(=O)OCc3ccccc3)=C(SC3CN(S(N)(=O)=O)C3)[C@H](C)[C@H]12. The van der Waals surface area contributed by atoms with Gasteiger partial charge in [-0.3, -0.25) is 4.79 Å². The topological polar surface area (TPSA) is 130 Å². The van der Waals surface area contributed by atoms with Crippen molar-refractivity contribution < 1.29 is 27.9 Å². The van der Waals surface area contributed by atoms with Crippen LogP contribution in [0.2, 0.25) is 0 Å². The minimum Gasteiger partial charge on any atom is -0.456 e. The summed E-state index contributed by atoms with van der Waals surface area (Å²) in [4.78, 5) is 27.9. The molecule has 11 heteroatoms. The maximum atomic E-state index is 13.0. The number of rotatable bonds is 7. The number of thioether (sulfide) groups is 1. The van der Waals surface area contributed by atoms with Gasteiger partial charge in [-0.1, -0.05) is 37.3 Å². The molecule has 0 spiro atoms. The van der Waals surface area contributed by atoms with Crippen molar-refractivity contribution in [2.75, 3.05) is 13.1 Å². The van der Waals surface area contributed by atoms with Crippen LogP contribution in [0.3, 0.4) is 0 Å². The van der Waals surface area contributed by atoms with Gasteiger partial charge in [0, 0.05) is 29.2 Å². The fraction of sp³-hybridized carbons (Fsp3) is 0.500. The lowest BCUT2D eigenvalue weighted by Crippen LogP contribution is -2.63. The average Bonchev–Trinajstić information content (AvgIpc) is 2.90. The van der Waals surface area contributed by atoms with Gasteiger partial charge in [0.2, 0.25) is 5.91 Å². The Hall–Kier alpha value is -1.92. The van der Waals surface area contributed by atoms with Gasteiger partial charge in [-0.2, -0.15) is 12.7 Å². The Morgan fingerprint density at radius 2 is 1.97 bits per heavy atom. The second kappa shape index (κ2) is 8.21. The summed E-state index contributed by atoms with van der Waals surface area (Å²) in [5.74, 6) is -1.65. The largest absolute Gasteiger partial charge is 0.456 e. The zero-order valence-electron chi connectivity index (χ0n) is 17.2. The molecule has 3 aliphatic heterocycles. The molecule has 2 saturated heterocycles. The van der Waals surface area contributed by atoms with E-state index in [1.165, 1.54) is 16.7 Å². The molecule has 31 heavy (non-hydrogen) atoms. The highest BCUT2D eigenvalue weighted by Gasteiger charge is 2.60. The Labute approximate surface area is 185 Å². The van der Waals surface area contributed by atoms with Crippen LogP contribution in [-0.2, 0) is 31.1 Å². The van der Waals surface area contributed by atoms with Gasteiger partial charge >= 0.3 is 5.97 Å². The number of carbonyl (C=O) groups excluding carboxylic acids is 2. The van der Waals surface area contributed by atoms with E-state index in [-0.39, 0.29) is 48.5 Å². The summed E-state index contributed by atoms with van der Waals surface area (Å²) in [6, 6.07) is 8.92. The van der Waals surface area contributed by atoms with Crippen molar-refractivity contribution in [3.63, 3.8) is 0 Å². The van der Waals surface area contributed by atoms with Gasteiger partial charge in [0.05, 0.1) is 18.1 Å². The molecule has 4 atom stereocenters. The monoisotopic (exact) mass is 467 g/mol. The summed E-state index contributed by atoms with van der Waals surface area (Å²) >= 11 is 1.38. The molecule has 0 aliphatic carbocycles. The third kappa shape index (κ3) is 4.00. The third-order valence-electron chi connectivity index (χ3n) is 5.98. The highest BCUT2D eigenvalue weighted by Crippen LogP contribution is 2.52. The van der Waals surface area contributed by atoms with Gasteiger partial charge in [-0.15, -0.1) is 11.8 Å². The summed E-state index contributed by atoms with van der Waals surface area (Å²) in [6.45, 7) is 4.04. The molecule has 3 heterocycles. The van der Waals surface area contributed by atoms with Crippen molar-refractivity contribution in [1.82, 2.24) is 9.21 Å². The van der Waals surface area contributed by atoms with Crippen LogP contribution in [0.25, 0.3) is 0 Å². The average molecular weight is 468 g/mol. The molecule has 4 rings (SSSR count). The lowest BCUT2D eigenvalue weighted by molar-refractivity contribution is -0.164. The van der Waals surface area contributed by atoms with E-state index in [1.54, 1.807) is 6.92 Å². The molecule has 1 aromatic carbocycles. The summed E-state index contributed by atoms with van der Waals surface area (Å²) in [5.41, 5.74) is 1.03. The number of nitrogens with zero attached hydrogens (tertiary/aromatic N) is 2. The number of ether oxygens (including phenoxy) is 1. The number of carbonyl (C=O) groups is 2. The molecule has 168 valence electrons. The molecule has 0 unspecified atom stereocenters. The second-order valence-electron chi connectivity index (χ2n) is 8.13. The number of esters is 1. The van der Waals surface area contributed by atoms with Crippen LogP contribution in [0.4, 0.5) is 0 Å². The molecule has 0 saturated carbocycles. The van der Waals surface area contributed by atoms with Crippen molar-refractivity contribution in [3.05, 3.63) is 46.5 Å². The van der Waals surface area contributed by atoms with E-state index in [9.17, 15) is 23.1 Å². The normalized spacial score (nSPS) is 27.5. The minimum atomic E-state index is -3.74. The first-order valence-corrected chi connectivity index (χ1v) is 12.4. The number of aliphatic hydroxyl groups is 1. The van der Waals surface area contributed by atoms with E-state index in [1.807, 2.05) is 37.3 Å². The molecule has 0 aromatic heterocycles. The number of benzene rings is 1. The van der Waals surface area contributed by atoms with E-state index in [4.69, 9.17) is 9.88 Å². The fourth-order valence-electron chi connectivity index (χ4n) is 4.32. The van der Waals surface area contributed by atoms with Crippen LogP contribution >= 0.6 is 11.8 Å². The number of amides is 1. The smallest absolute Gasteiger partial charge is 0.356 e. The maximum absolute atomic E-state index is 13.0. The van der Waals surface area contributed by atoms with Gasteiger partial charge in [-0.05, 0) is 12.5 Å². The quantitative estimate of drug-likeness (QED) is 0.439. The zero-order chi connectivity index (χ0) is 22.5. The first-order valence-electron chi connectivity index (χ1n) is 10.0. The second-order valence-corrected chi connectivity index (χ2v) is 11.0. The van der Waals surface area contributed by atoms with E-state index in [0.717, 1.165) is 9.87 Å². The van der Waals surface area contributed by atoms with Gasteiger partial charge < -0.3 is 14.7 Å². The zero-order valence-corrected chi connectivity index (χ0v) is 18.8. The van der Waals surface area contributed by atoms with Crippen molar-refractivity contribution in [2.24, 2.45) is 17.0 Å². The number of β-lactam (4-membered cyclic amide) rings is 1. The van der Waals surface area contributed by atoms with Crippen LogP contribution in [0, 0.1) is 11.8 Å². The van der Waals surface area contributed by atoms with Crippen LogP contribution in [-0.4, -0.2) is 65.1 Å². The van der Waals surface area contributed by atoms with Crippen LogP contribution in [0.5, 0.6) is 0 Å². The van der Waals surface area contributed by atoms with Crippen LogP contribution in [0.1, 0.15) is 19.4 Å². The molecule has 2 fully saturated rings. The minimum absolute atomic E-state index is 0.0741. The van der Waals surface area contributed by atoms with Crippen molar-refractivity contribution in [2.45, 2.75) is 37.9 Å². The van der Waals surface area contributed by atoms with Gasteiger partial charge in [-0.25, -0.2) is 9.93 Å². The first-order chi connectivity index (χ1) is 14.6. The predicted molar refractivity (Wildman–Crippen MR) is 114 cm³/mol. The first kappa shape index (κ1) is 22.3. The highest BCUT2D eigenvalue weighted by molar-refractivity contribution is 8.04. The summed E-state index contributed by atoms with van der Waals surface area (Å²) in [5, 5.41) is 15.1. The molecule has 3 aliphatic rings. The lowest BCUT2D eigenvalue weighted by Gasteiger charge is -2.46. The molecular weight excluding hydrogens is 442 g/mol. The van der Waals surface area contributed by atoms with E-state index in [0.29, 0.717) is 4.91 Å². The van der Waals surface area contributed by atoms with E-state index in [2.05, 4.69) is 0 Å². The summed E-state index contributed by atoms with van der Waals surface area (Å²) in [7, 11) is -3.74. The van der Waals surface area contributed by atoms with Crippen molar-refractivity contribution >= 4 is 33.8 Å². The van der Waals surface area contributed by atoms with Crippen LogP contribution in [0.15, 0.2) is 40.9 Å². The number of hydrogen-bond acceptors (Lipinski definition) is 7. The Balaban J connectivity index is 1.55. The Morgan fingerprint density at radius 1 is 1.32 bits per heavy atom. The molecule has 9 nitrogen and oxygen atoms in total. The number of nitrogens with two attached hydrogens (primary N) is 1.